The van der Waals surface area contributed by atoms with Crippen molar-refractivity contribution in [2.45, 2.75) is 38.8 Å². The van der Waals surface area contributed by atoms with E-state index in [4.69, 9.17) is 14.7 Å². The molecule has 5 aromatic rings. The van der Waals surface area contributed by atoms with Crippen LogP contribution in [-0.4, -0.2) is 41.4 Å². The van der Waals surface area contributed by atoms with Gasteiger partial charge in [-0.2, -0.15) is 0 Å². The van der Waals surface area contributed by atoms with Crippen LogP contribution in [0.15, 0.2) is 58.7 Å². The Labute approximate surface area is 228 Å². The molecule has 6 rings (SSSR count). The first-order chi connectivity index (χ1) is 19.2. The van der Waals surface area contributed by atoms with Gasteiger partial charge < -0.3 is 13.9 Å². The van der Waals surface area contributed by atoms with Crippen molar-refractivity contribution in [3.63, 3.8) is 0 Å². The van der Waals surface area contributed by atoms with E-state index in [9.17, 15) is 13.6 Å². The lowest BCUT2D eigenvalue weighted by Crippen LogP contribution is -2.42. The van der Waals surface area contributed by atoms with Crippen molar-refractivity contribution < 1.29 is 13.5 Å². The predicted molar refractivity (Wildman–Crippen MR) is 147 cm³/mol. The molecule has 0 spiro atoms. The summed E-state index contributed by atoms with van der Waals surface area (Å²) >= 11 is 0. The number of methoxy groups -OCH3 is 1. The molecule has 1 saturated carbocycles. The van der Waals surface area contributed by atoms with Crippen LogP contribution in [0.5, 0.6) is 5.75 Å². The summed E-state index contributed by atoms with van der Waals surface area (Å²) in [6.45, 7) is 3.65. The van der Waals surface area contributed by atoms with Gasteiger partial charge in [0.25, 0.3) is 5.56 Å². The van der Waals surface area contributed by atoms with Crippen LogP contribution in [0.3, 0.4) is 0 Å². The van der Waals surface area contributed by atoms with Crippen LogP contribution in [-0.2, 0) is 14.1 Å². The minimum absolute atomic E-state index is 0.0991. The van der Waals surface area contributed by atoms with E-state index in [1.165, 1.54) is 16.7 Å². The monoisotopic (exact) mass is 545 g/mol. The van der Waals surface area contributed by atoms with Crippen LogP contribution < -0.4 is 15.9 Å². The molecule has 3 heterocycles. The topological polar surface area (TPSA) is 84.2 Å². The van der Waals surface area contributed by atoms with Gasteiger partial charge in [-0.05, 0) is 62.6 Å². The van der Waals surface area contributed by atoms with Crippen molar-refractivity contribution in [3.8, 4) is 22.8 Å². The summed E-state index contributed by atoms with van der Waals surface area (Å²) in [5, 5.41) is 0. The van der Waals surface area contributed by atoms with Crippen molar-refractivity contribution in [2.24, 2.45) is 19.1 Å². The highest BCUT2D eigenvalue weighted by Gasteiger charge is 2.26. The van der Waals surface area contributed by atoms with Gasteiger partial charge in [0.2, 0.25) is 5.62 Å². The minimum atomic E-state index is -0.704. The third kappa shape index (κ3) is 4.31. The molecule has 0 bridgehead atoms. The lowest BCUT2D eigenvalue weighted by atomic mass is 10.1. The molecule has 1 atom stereocenters. The third-order valence-electron chi connectivity index (χ3n) is 7.35. The van der Waals surface area contributed by atoms with Gasteiger partial charge >= 0.3 is 0 Å². The molecule has 0 amide bonds. The largest absolute Gasteiger partial charge is 0.495 e. The number of rotatable bonds is 6. The molecule has 1 fully saturated rings. The summed E-state index contributed by atoms with van der Waals surface area (Å²) in [6.07, 6.45) is 5.48. The summed E-state index contributed by atoms with van der Waals surface area (Å²) in [6, 6.07) is 8.42. The minimum Gasteiger partial charge on any atom is -0.495 e. The summed E-state index contributed by atoms with van der Waals surface area (Å²) in [5.41, 5.74) is 3.64. The molecule has 2 aromatic carbocycles. The second-order valence-electron chi connectivity index (χ2n) is 10.2. The molecule has 11 heteroatoms. The first-order valence-electron chi connectivity index (χ1n) is 13.0. The van der Waals surface area contributed by atoms with Gasteiger partial charge in [0.05, 0.1) is 36.9 Å². The number of imidazole rings is 2. The van der Waals surface area contributed by atoms with E-state index < -0.39 is 17.7 Å². The Balaban J connectivity index is 1.56. The first-order valence-corrected chi connectivity index (χ1v) is 13.0. The summed E-state index contributed by atoms with van der Waals surface area (Å²) in [5.74, 6) is -0.224. The molecular weight excluding hydrogens is 516 g/mol. The highest BCUT2D eigenvalue weighted by atomic mass is 19.1. The highest BCUT2D eigenvalue weighted by Crippen LogP contribution is 2.31. The molecular formula is C29H29F2N7O2. The highest BCUT2D eigenvalue weighted by molar-refractivity contribution is 5.77. The Kier molecular flexibility index (Phi) is 6.16. The van der Waals surface area contributed by atoms with Crippen LogP contribution in [0.4, 0.5) is 8.78 Å². The molecule has 40 heavy (non-hydrogen) atoms. The lowest BCUT2D eigenvalue weighted by Gasteiger charge is -2.19. The molecule has 0 radical (unpaired) electrons. The second kappa shape index (κ2) is 9.58. The SMILES string of the molecule is COc1cc(-c2nc3c(=O)n(C(C)c4cc(F)cc(F)c4)c(=NC4CC4)n(C)c3n2C)ccc1-n1cnc(C)c1. The fourth-order valence-electron chi connectivity index (χ4n) is 5.15. The summed E-state index contributed by atoms with van der Waals surface area (Å²) < 4.78 is 41.0. The van der Waals surface area contributed by atoms with Gasteiger partial charge in [0.1, 0.15) is 28.9 Å². The zero-order chi connectivity index (χ0) is 28.3. The van der Waals surface area contributed by atoms with E-state index in [0.29, 0.717) is 28.4 Å². The van der Waals surface area contributed by atoms with Gasteiger partial charge in [0.15, 0.2) is 5.52 Å². The van der Waals surface area contributed by atoms with Gasteiger partial charge in [-0.3, -0.25) is 13.9 Å². The maximum atomic E-state index is 14.1. The number of aromatic nitrogens is 6. The quantitative estimate of drug-likeness (QED) is 0.320. The molecule has 206 valence electrons. The number of hydrogen-bond acceptors (Lipinski definition) is 5. The van der Waals surface area contributed by atoms with E-state index >= 15 is 0 Å². The molecule has 9 nitrogen and oxygen atoms in total. The van der Waals surface area contributed by atoms with Crippen LogP contribution in [0.25, 0.3) is 28.2 Å². The molecule has 3 aromatic heterocycles. The Hall–Kier alpha value is -4.54. The number of hydrogen-bond donors (Lipinski definition) is 0. The number of aryl methyl sites for hydroxylation is 3. The Bertz CT molecular complexity index is 1890. The van der Waals surface area contributed by atoms with Crippen molar-refractivity contribution >= 4 is 11.2 Å². The number of ether oxygens (including phenoxy) is 1. The molecule has 0 aliphatic heterocycles. The number of halogens is 2. The third-order valence-corrected chi connectivity index (χ3v) is 7.35. The van der Waals surface area contributed by atoms with E-state index in [1.807, 2.05) is 59.1 Å². The Morgan fingerprint density at radius 2 is 1.80 bits per heavy atom. The van der Waals surface area contributed by atoms with Crippen molar-refractivity contribution in [3.05, 3.63) is 87.8 Å². The average Bonchev–Trinajstić information content (AvgIpc) is 3.53. The van der Waals surface area contributed by atoms with Crippen LogP contribution >= 0.6 is 0 Å². The van der Waals surface area contributed by atoms with E-state index in [0.717, 1.165) is 35.9 Å². The van der Waals surface area contributed by atoms with Gasteiger partial charge in [-0.1, -0.05) is 0 Å². The number of nitrogens with zero attached hydrogens (tertiary/aromatic N) is 7. The maximum absolute atomic E-state index is 14.1. The molecule has 1 aliphatic rings. The van der Waals surface area contributed by atoms with E-state index in [1.54, 1.807) is 20.4 Å². The summed E-state index contributed by atoms with van der Waals surface area (Å²) in [7, 11) is 5.28. The average molecular weight is 546 g/mol. The zero-order valence-corrected chi connectivity index (χ0v) is 22.9. The predicted octanol–water partition coefficient (Wildman–Crippen LogP) is 4.19. The molecule has 1 unspecified atom stereocenters. The van der Waals surface area contributed by atoms with Crippen molar-refractivity contribution in [1.29, 1.82) is 0 Å². The van der Waals surface area contributed by atoms with Crippen LogP contribution in [0.1, 0.15) is 37.1 Å². The smallest absolute Gasteiger partial charge is 0.283 e. The summed E-state index contributed by atoms with van der Waals surface area (Å²) in [4.78, 5) is 28.0. The van der Waals surface area contributed by atoms with Crippen molar-refractivity contribution in [1.82, 2.24) is 28.2 Å². The number of benzene rings is 2. The van der Waals surface area contributed by atoms with Crippen LogP contribution in [0.2, 0.25) is 0 Å². The fraction of sp³-hybridized carbons (Fsp3) is 0.310. The van der Waals surface area contributed by atoms with Gasteiger partial charge in [0, 0.05) is 31.9 Å². The second-order valence-corrected chi connectivity index (χ2v) is 10.2. The van der Waals surface area contributed by atoms with E-state index in [-0.39, 0.29) is 17.1 Å². The van der Waals surface area contributed by atoms with Crippen molar-refractivity contribution in [2.75, 3.05) is 7.11 Å². The standard InChI is InChI=1S/C29H29F2N7O2/c1-16-14-37(15-32-16)23-9-6-18(12-24(23)40-5)26-34-25-27(35(26)3)36(4)29(33-22-7-8-22)38(28(25)39)17(2)19-10-20(30)13-21(31)11-19/h6,9-15,17,22H,7-8H2,1-5H3. The van der Waals surface area contributed by atoms with Gasteiger partial charge in [-0.15, -0.1) is 0 Å². The lowest BCUT2D eigenvalue weighted by molar-refractivity contribution is 0.413. The van der Waals surface area contributed by atoms with Crippen LogP contribution in [0, 0.1) is 18.6 Å². The fourth-order valence-corrected chi connectivity index (χ4v) is 5.15. The normalized spacial score (nSPS) is 14.7. The molecule has 0 N–H and O–H groups in total. The van der Waals surface area contributed by atoms with Gasteiger partial charge in [-0.25, -0.2) is 23.7 Å². The first kappa shape index (κ1) is 25.7. The van der Waals surface area contributed by atoms with E-state index in [2.05, 4.69) is 4.98 Å². The maximum Gasteiger partial charge on any atom is 0.283 e. The zero-order valence-electron chi connectivity index (χ0n) is 22.9. The Morgan fingerprint density at radius 1 is 1.07 bits per heavy atom. The molecule has 0 saturated heterocycles. The molecule has 1 aliphatic carbocycles. The Morgan fingerprint density at radius 3 is 2.42 bits per heavy atom. The number of fused-ring (bicyclic) bond motifs is 1.